The van der Waals surface area contributed by atoms with Gasteiger partial charge in [0, 0.05) is 17.7 Å². The summed E-state index contributed by atoms with van der Waals surface area (Å²) in [7, 11) is 0. The van der Waals surface area contributed by atoms with E-state index in [0.717, 1.165) is 12.8 Å². The lowest BCUT2D eigenvalue weighted by atomic mass is 10.0. The van der Waals surface area contributed by atoms with Gasteiger partial charge in [0.2, 0.25) is 5.91 Å². The van der Waals surface area contributed by atoms with Crippen LogP contribution in [-0.2, 0) is 9.59 Å². The number of unbranched alkanes of at least 4 members (excludes halogenated alkanes) is 1. The van der Waals surface area contributed by atoms with E-state index in [0.29, 0.717) is 29.3 Å². The van der Waals surface area contributed by atoms with E-state index in [4.69, 9.17) is 4.74 Å². The Labute approximate surface area is 183 Å². The SMILES string of the molecule is CCCCC(=O)Nc1ccc(C(=O)NNC(=O)C(C)Oc2ccc(C(C)C)cc2)cc1. The molecule has 0 aromatic heterocycles. The summed E-state index contributed by atoms with van der Waals surface area (Å²) >= 11 is 0. The highest BCUT2D eigenvalue weighted by atomic mass is 16.5. The van der Waals surface area contributed by atoms with Crippen LogP contribution < -0.4 is 20.9 Å². The van der Waals surface area contributed by atoms with E-state index in [9.17, 15) is 14.4 Å². The van der Waals surface area contributed by atoms with Crippen LogP contribution in [0.25, 0.3) is 0 Å². The maximum atomic E-state index is 12.3. The third kappa shape index (κ3) is 7.77. The molecule has 7 heteroatoms. The predicted molar refractivity (Wildman–Crippen MR) is 121 cm³/mol. The molecule has 2 aromatic rings. The van der Waals surface area contributed by atoms with Crippen molar-refractivity contribution >= 4 is 23.4 Å². The number of anilines is 1. The number of carbonyl (C=O) groups is 3. The molecule has 0 fully saturated rings. The van der Waals surface area contributed by atoms with Gasteiger partial charge in [-0.1, -0.05) is 39.3 Å². The number of ether oxygens (including phenoxy) is 1. The first-order valence-electron chi connectivity index (χ1n) is 10.6. The Bertz CT molecular complexity index is 877. The minimum atomic E-state index is -0.786. The van der Waals surface area contributed by atoms with Crippen molar-refractivity contribution in [1.82, 2.24) is 10.9 Å². The fourth-order valence-electron chi connectivity index (χ4n) is 2.75. The lowest BCUT2D eigenvalue weighted by molar-refractivity contribution is -0.128. The number of hydrogen-bond acceptors (Lipinski definition) is 4. The predicted octanol–water partition coefficient (Wildman–Crippen LogP) is 4.17. The molecule has 2 aromatic carbocycles. The fraction of sp³-hybridized carbons (Fsp3) is 0.375. The molecule has 1 unspecified atom stereocenters. The zero-order valence-electron chi connectivity index (χ0n) is 18.5. The summed E-state index contributed by atoms with van der Waals surface area (Å²) in [4.78, 5) is 36.2. The minimum absolute atomic E-state index is 0.0563. The lowest BCUT2D eigenvalue weighted by Crippen LogP contribution is -2.47. The molecule has 0 aliphatic rings. The Morgan fingerprint density at radius 2 is 1.55 bits per heavy atom. The van der Waals surface area contributed by atoms with Crippen LogP contribution >= 0.6 is 0 Å². The first-order chi connectivity index (χ1) is 14.8. The molecule has 0 radical (unpaired) electrons. The third-order valence-electron chi connectivity index (χ3n) is 4.72. The van der Waals surface area contributed by atoms with Gasteiger partial charge in [-0.25, -0.2) is 0 Å². The van der Waals surface area contributed by atoms with Gasteiger partial charge in [-0.05, 0) is 61.2 Å². The molecule has 0 spiro atoms. The van der Waals surface area contributed by atoms with E-state index in [1.165, 1.54) is 5.56 Å². The van der Waals surface area contributed by atoms with Crippen LogP contribution in [0, 0.1) is 0 Å². The number of hydrogen-bond donors (Lipinski definition) is 3. The molecule has 3 N–H and O–H groups in total. The molecular formula is C24H31N3O4. The zero-order chi connectivity index (χ0) is 22.8. The van der Waals surface area contributed by atoms with Crippen LogP contribution in [0.5, 0.6) is 5.75 Å². The highest BCUT2D eigenvalue weighted by Gasteiger charge is 2.16. The maximum absolute atomic E-state index is 12.3. The van der Waals surface area contributed by atoms with Gasteiger partial charge >= 0.3 is 0 Å². The standard InChI is InChI=1S/C24H31N3O4/c1-5-6-7-22(28)25-20-12-8-19(9-13-20)24(30)27-26-23(29)17(4)31-21-14-10-18(11-15-21)16(2)3/h8-17H,5-7H2,1-4H3,(H,25,28)(H,26,29)(H,27,30). The maximum Gasteiger partial charge on any atom is 0.279 e. The van der Waals surface area contributed by atoms with Gasteiger partial charge < -0.3 is 10.1 Å². The first kappa shape index (κ1) is 23.9. The fourth-order valence-corrected chi connectivity index (χ4v) is 2.75. The molecule has 31 heavy (non-hydrogen) atoms. The molecule has 0 bridgehead atoms. The van der Waals surface area contributed by atoms with Gasteiger partial charge in [0.1, 0.15) is 5.75 Å². The number of rotatable bonds is 9. The lowest BCUT2D eigenvalue weighted by Gasteiger charge is -2.16. The Hall–Kier alpha value is -3.35. The Kier molecular flexibility index (Phi) is 9.06. The molecule has 2 rings (SSSR count). The summed E-state index contributed by atoms with van der Waals surface area (Å²) in [5, 5.41) is 2.78. The number of hydrazine groups is 1. The van der Waals surface area contributed by atoms with Crippen molar-refractivity contribution in [3.05, 3.63) is 59.7 Å². The van der Waals surface area contributed by atoms with Crippen LogP contribution in [-0.4, -0.2) is 23.8 Å². The van der Waals surface area contributed by atoms with Crippen LogP contribution in [0.1, 0.15) is 68.8 Å². The summed E-state index contributed by atoms with van der Waals surface area (Å²) < 4.78 is 5.63. The average molecular weight is 426 g/mol. The van der Waals surface area contributed by atoms with Gasteiger partial charge in [0.15, 0.2) is 6.10 Å². The minimum Gasteiger partial charge on any atom is -0.481 e. The molecule has 0 aliphatic carbocycles. The highest BCUT2D eigenvalue weighted by molar-refractivity contribution is 5.97. The van der Waals surface area contributed by atoms with Crippen molar-refractivity contribution in [2.75, 3.05) is 5.32 Å². The Morgan fingerprint density at radius 3 is 2.13 bits per heavy atom. The number of amides is 3. The molecule has 3 amide bonds. The molecule has 0 heterocycles. The van der Waals surface area contributed by atoms with Crippen molar-refractivity contribution in [2.24, 2.45) is 0 Å². The van der Waals surface area contributed by atoms with E-state index in [-0.39, 0.29) is 5.91 Å². The molecule has 166 valence electrons. The molecule has 0 saturated carbocycles. The Morgan fingerprint density at radius 1 is 0.903 bits per heavy atom. The second kappa shape index (κ2) is 11.7. The summed E-state index contributed by atoms with van der Waals surface area (Å²) in [5.74, 6) is -0.00253. The van der Waals surface area contributed by atoms with E-state index in [1.54, 1.807) is 31.2 Å². The van der Waals surface area contributed by atoms with Gasteiger partial charge in [0.05, 0.1) is 0 Å². The van der Waals surface area contributed by atoms with Crippen molar-refractivity contribution in [3.63, 3.8) is 0 Å². The number of carbonyl (C=O) groups excluding carboxylic acids is 3. The number of benzene rings is 2. The van der Waals surface area contributed by atoms with E-state index in [2.05, 4.69) is 30.0 Å². The third-order valence-corrected chi connectivity index (χ3v) is 4.72. The Balaban J connectivity index is 1.81. The molecule has 7 nitrogen and oxygen atoms in total. The molecule has 0 aliphatic heterocycles. The monoisotopic (exact) mass is 425 g/mol. The van der Waals surface area contributed by atoms with E-state index in [1.807, 2.05) is 31.2 Å². The largest absolute Gasteiger partial charge is 0.481 e. The second-order valence-electron chi connectivity index (χ2n) is 7.66. The first-order valence-corrected chi connectivity index (χ1v) is 10.6. The van der Waals surface area contributed by atoms with E-state index < -0.39 is 17.9 Å². The van der Waals surface area contributed by atoms with Crippen molar-refractivity contribution in [2.45, 2.75) is 59.0 Å². The molecule has 0 saturated heterocycles. The van der Waals surface area contributed by atoms with Gasteiger partial charge in [-0.15, -0.1) is 0 Å². The molecular weight excluding hydrogens is 394 g/mol. The topological polar surface area (TPSA) is 96.5 Å². The zero-order valence-corrected chi connectivity index (χ0v) is 18.5. The van der Waals surface area contributed by atoms with Gasteiger partial charge in [0.25, 0.3) is 11.8 Å². The van der Waals surface area contributed by atoms with Crippen molar-refractivity contribution in [3.8, 4) is 5.75 Å². The smallest absolute Gasteiger partial charge is 0.279 e. The summed E-state index contributed by atoms with van der Waals surface area (Å²) in [5.41, 5.74) is 6.89. The second-order valence-corrected chi connectivity index (χ2v) is 7.66. The van der Waals surface area contributed by atoms with Crippen LogP contribution in [0.2, 0.25) is 0 Å². The van der Waals surface area contributed by atoms with Crippen LogP contribution in [0.3, 0.4) is 0 Å². The van der Waals surface area contributed by atoms with Crippen molar-refractivity contribution < 1.29 is 19.1 Å². The van der Waals surface area contributed by atoms with Crippen LogP contribution in [0.4, 0.5) is 5.69 Å². The van der Waals surface area contributed by atoms with Crippen molar-refractivity contribution in [1.29, 1.82) is 0 Å². The van der Waals surface area contributed by atoms with Crippen LogP contribution in [0.15, 0.2) is 48.5 Å². The van der Waals surface area contributed by atoms with Gasteiger partial charge in [-0.3, -0.25) is 25.2 Å². The quantitative estimate of drug-likeness (QED) is 0.526. The average Bonchev–Trinajstić information content (AvgIpc) is 2.76. The number of nitrogens with one attached hydrogen (secondary N) is 3. The summed E-state index contributed by atoms with van der Waals surface area (Å²) in [6.07, 6.45) is 1.46. The molecule has 1 atom stereocenters. The van der Waals surface area contributed by atoms with Gasteiger partial charge in [-0.2, -0.15) is 0 Å². The normalized spacial score (nSPS) is 11.5. The highest BCUT2D eigenvalue weighted by Crippen LogP contribution is 2.19. The van der Waals surface area contributed by atoms with E-state index >= 15 is 0 Å². The summed E-state index contributed by atoms with van der Waals surface area (Å²) in [6, 6.07) is 14.0. The summed E-state index contributed by atoms with van der Waals surface area (Å²) in [6.45, 7) is 7.84.